The van der Waals surface area contributed by atoms with Crippen LogP contribution in [0.5, 0.6) is 5.75 Å². The summed E-state index contributed by atoms with van der Waals surface area (Å²) in [4.78, 5) is 0. The Morgan fingerprint density at radius 3 is 2.81 bits per heavy atom. The lowest BCUT2D eigenvalue weighted by Gasteiger charge is -2.30. The number of rotatable bonds is 6. The van der Waals surface area contributed by atoms with E-state index >= 15 is 0 Å². The maximum atomic E-state index is 6.43. The minimum Gasteiger partial charge on any atom is -0.490 e. The third kappa shape index (κ3) is 4.47. The highest BCUT2D eigenvalue weighted by atomic mass is 16.5. The quantitative estimate of drug-likeness (QED) is 0.794. The van der Waals surface area contributed by atoms with Crippen LogP contribution in [0, 0.1) is 12.8 Å². The zero-order chi connectivity index (χ0) is 15.2. The first kappa shape index (κ1) is 16.4. The van der Waals surface area contributed by atoms with Crippen LogP contribution in [0.1, 0.15) is 70.0 Å². The molecule has 0 radical (unpaired) electrons. The molecular weight excluding hydrogens is 258 g/mol. The topological polar surface area (TPSA) is 21.3 Å². The van der Waals surface area contributed by atoms with E-state index in [1.807, 2.05) is 0 Å². The summed E-state index contributed by atoms with van der Waals surface area (Å²) in [6.45, 7) is 9.80. The monoisotopic (exact) mass is 289 g/mol. The van der Waals surface area contributed by atoms with E-state index in [2.05, 4.69) is 51.2 Å². The van der Waals surface area contributed by atoms with Gasteiger partial charge in [0.05, 0.1) is 6.10 Å². The summed E-state index contributed by atoms with van der Waals surface area (Å²) in [5, 5.41) is 3.50. The van der Waals surface area contributed by atoms with Gasteiger partial charge < -0.3 is 10.1 Å². The molecule has 1 fully saturated rings. The molecule has 0 amide bonds. The fourth-order valence-corrected chi connectivity index (χ4v) is 3.42. The van der Waals surface area contributed by atoms with Crippen LogP contribution in [-0.4, -0.2) is 12.6 Å². The lowest BCUT2D eigenvalue weighted by molar-refractivity contribution is 0.120. The summed E-state index contributed by atoms with van der Waals surface area (Å²) in [5.41, 5.74) is 2.57. The summed E-state index contributed by atoms with van der Waals surface area (Å²) in [7, 11) is 0. The number of aryl methyl sites for hydroxylation is 1. The molecule has 1 aliphatic rings. The van der Waals surface area contributed by atoms with E-state index in [1.165, 1.54) is 43.2 Å². The smallest absolute Gasteiger partial charge is 0.124 e. The molecule has 0 heterocycles. The summed E-state index contributed by atoms with van der Waals surface area (Å²) >= 11 is 0. The number of hydrogen-bond donors (Lipinski definition) is 1. The molecule has 3 unspecified atom stereocenters. The van der Waals surface area contributed by atoms with Crippen molar-refractivity contribution < 1.29 is 4.74 Å². The van der Waals surface area contributed by atoms with E-state index in [-0.39, 0.29) is 0 Å². The van der Waals surface area contributed by atoms with Crippen molar-refractivity contribution in [3.63, 3.8) is 0 Å². The summed E-state index contributed by atoms with van der Waals surface area (Å²) in [6, 6.07) is 6.96. The highest BCUT2D eigenvalue weighted by Gasteiger charge is 2.23. The molecule has 1 aromatic carbocycles. The number of ether oxygens (including phenoxy) is 1. The average molecular weight is 289 g/mol. The zero-order valence-corrected chi connectivity index (χ0v) is 14.1. The second-order valence-corrected chi connectivity index (χ2v) is 6.50. The van der Waals surface area contributed by atoms with E-state index in [0.29, 0.717) is 12.1 Å². The Hall–Kier alpha value is -1.02. The summed E-state index contributed by atoms with van der Waals surface area (Å²) < 4.78 is 6.43. The molecule has 0 aliphatic heterocycles. The molecule has 3 atom stereocenters. The fraction of sp³-hybridized carbons (Fsp3) is 0.684. The van der Waals surface area contributed by atoms with E-state index in [4.69, 9.17) is 4.74 Å². The van der Waals surface area contributed by atoms with Crippen LogP contribution < -0.4 is 10.1 Å². The third-order valence-corrected chi connectivity index (χ3v) is 4.75. The van der Waals surface area contributed by atoms with Crippen molar-refractivity contribution in [2.75, 3.05) is 6.54 Å². The van der Waals surface area contributed by atoms with Crippen molar-refractivity contribution in [2.45, 2.75) is 71.9 Å². The van der Waals surface area contributed by atoms with E-state index < -0.39 is 0 Å². The lowest BCUT2D eigenvalue weighted by atomic mass is 9.85. The highest BCUT2D eigenvalue weighted by Crippen LogP contribution is 2.33. The minimum absolute atomic E-state index is 0.344. The largest absolute Gasteiger partial charge is 0.490 e. The molecule has 21 heavy (non-hydrogen) atoms. The fourth-order valence-electron chi connectivity index (χ4n) is 3.42. The van der Waals surface area contributed by atoms with Crippen LogP contribution in [0.25, 0.3) is 0 Å². The molecule has 1 aliphatic carbocycles. The second-order valence-electron chi connectivity index (χ2n) is 6.50. The van der Waals surface area contributed by atoms with Crippen LogP contribution >= 0.6 is 0 Å². The van der Waals surface area contributed by atoms with Gasteiger partial charge >= 0.3 is 0 Å². The Labute approximate surface area is 130 Å². The van der Waals surface area contributed by atoms with Crippen LogP contribution in [0.3, 0.4) is 0 Å². The van der Waals surface area contributed by atoms with Crippen LogP contribution in [-0.2, 0) is 0 Å². The molecule has 118 valence electrons. The Balaban J connectivity index is 2.12. The lowest BCUT2D eigenvalue weighted by Crippen LogP contribution is -2.26. The van der Waals surface area contributed by atoms with Crippen molar-refractivity contribution in [1.82, 2.24) is 5.32 Å². The first-order chi connectivity index (χ1) is 10.1. The van der Waals surface area contributed by atoms with Gasteiger partial charge in [-0.1, -0.05) is 38.8 Å². The van der Waals surface area contributed by atoms with Crippen molar-refractivity contribution in [3.05, 3.63) is 29.3 Å². The Bertz CT molecular complexity index is 443. The van der Waals surface area contributed by atoms with Crippen LogP contribution in [0.15, 0.2) is 18.2 Å². The van der Waals surface area contributed by atoms with Crippen molar-refractivity contribution in [1.29, 1.82) is 0 Å². The van der Waals surface area contributed by atoms with Crippen LogP contribution in [0.2, 0.25) is 0 Å². The standard InChI is InChI=1S/C19H31NO/c1-5-16-8-7-9-17(13-16)21-19-12-14(3)10-11-18(19)15(4)20-6-2/h10-12,15-17,20H,5-9,13H2,1-4H3. The SMILES string of the molecule is CCNC(C)c1ccc(C)cc1OC1CCCC(CC)C1. The van der Waals surface area contributed by atoms with Crippen molar-refractivity contribution in [2.24, 2.45) is 5.92 Å². The molecule has 0 bridgehead atoms. The Kier molecular flexibility index (Phi) is 6.10. The van der Waals surface area contributed by atoms with Gasteiger partial charge in [0.2, 0.25) is 0 Å². The molecule has 2 nitrogen and oxygen atoms in total. The van der Waals surface area contributed by atoms with E-state index in [0.717, 1.165) is 18.2 Å². The summed E-state index contributed by atoms with van der Waals surface area (Å²) in [6.07, 6.45) is 6.81. The second kappa shape index (κ2) is 7.84. The third-order valence-electron chi connectivity index (χ3n) is 4.75. The predicted molar refractivity (Wildman–Crippen MR) is 89.9 cm³/mol. The molecule has 2 heteroatoms. The van der Waals surface area contributed by atoms with Crippen molar-refractivity contribution in [3.8, 4) is 5.75 Å². The van der Waals surface area contributed by atoms with Gasteiger partial charge in [0.1, 0.15) is 5.75 Å². The van der Waals surface area contributed by atoms with Crippen LogP contribution in [0.4, 0.5) is 0 Å². The molecule has 2 rings (SSSR count). The Morgan fingerprint density at radius 1 is 1.29 bits per heavy atom. The molecular formula is C19H31NO. The normalized spacial score (nSPS) is 23.8. The zero-order valence-electron chi connectivity index (χ0n) is 14.1. The number of benzene rings is 1. The molecule has 1 N–H and O–H groups in total. The van der Waals surface area contributed by atoms with Gasteiger partial charge in [-0.05, 0) is 57.2 Å². The van der Waals surface area contributed by atoms with Gasteiger partial charge in [-0.3, -0.25) is 0 Å². The van der Waals surface area contributed by atoms with Gasteiger partial charge in [0, 0.05) is 11.6 Å². The van der Waals surface area contributed by atoms with Gasteiger partial charge in [0.15, 0.2) is 0 Å². The maximum absolute atomic E-state index is 6.43. The molecule has 1 saturated carbocycles. The number of nitrogens with one attached hydrogen (secondary N) is 1. The maximum Gasteiger partial charge on any atom is 0.124 e. The van der Waals surface area contributed by atoms with Crippen molar-refractivity contribution >= 4 is 0 Å². The van der Waals surface area contributed by atoms with E-state index in [1.54, 1.807) is 0 Å². The van der Waals surface area contributed by atoms with Gasteiger partial charge in [-0.15, -0.1) is 0 Å². The predicted octanol–water partition coefficient (Wildman–Crippen LogP) is 5.01. The van der Waals surface area contributed by atoms with Gasteiger partial charge in [-0.25, -0.2) is 0 Å². The number of hydrogen-bond acceptors (Lipinski definition) is 2. The first-order valence-corrected chi connectivity index (χ1v) is 8.64. The summed E-state index contributed by atoms with van der Waals surface area (Å²) in [5.74, 6) is 1.94. The van der Waals surface area contributed by atoms with E-state index in [9.17, 15) is 0 Å². The molecule has 0 saturated heterocycles. The van der Waals surface area contributed by atoms with Gasteiger partial charge in [-0.2, -0.15) is 0 Å². The first-order valence-electron chi connectivity index (χ1n) is 8.64. The molecule has 1 aromatic rings. The minimum atomic E-state index is 0.344. The van der Waals surface area contributed by atoms with Gasteiger partial charge in [0.25, 0.3) is 0 Å². The molecule has 0 aromatic heterocycles. The average Bonchev–Trinajstić information content (AvgIpc) is 2.48. The highest BCUT2D eigenvalue weighted by molar-refractivity contribution is 5.39. The molecule has 0 spiro atoms. The Morgan fingerprint density at radius 2 is 2.10 bits per heavy atom.